The average Bonchev–Trinajstić information content (AvgIpc) is 3.27. The van der Waals surface area contributed by atoms with Crippen molar-refractivity contribution in [2.75, 3.05) is 13.7 Å². The summed E-state index contributed by atoms with van der Waals surface area (Å²) in [6, 6.07) is 11.6. The number of hydrogen-bond acceptors (Lipinski definition) is 6. The molecule has 0 saturated carbocycles. The van der Waals surface area contributed by atoms with Crippen molar-refractivity contribution in [2.45, 2.75) is 46.1 Å². The molecule has 0 aliphatic carbocycles. The van der Waals surface area contributed by atoms with Crippen LogP contribution in [0.4, 0.5) is 0 Å². The van der Waals surface area contributed by atoms with Crippen LogP contribution in [0.1, 0.15) is 50.1 Å². The SMILES string of the molecule is CCOc1c(Cl)cc(CNC(=O)CCc2nc(-c3ccc(C(C)C)cc3)no2)cc1OC. The summed E-state index contributed by atoms with van der Waals surface area (Å²) in [5.41, 5.74) is 2.95. The van der Waals surface area contributed by atoms with E-state index in [-0.39, 0.29) is 12.3 Å². The number of nitrogens with zero attached hydrogens (tertiary/aromatic N) is 2. The average molecular weight is 458 g/mol. The first kappa shape index (κ1) is 23.6. The number of ether oxygens (including phenoxy) is 2. The van der Waals surface area contributed by atoms with Crippen LogP contribution in [0.3, 0.4) is 0 Å². The molecule has 0 atom stereocenters. The van der Waals surface area contributed by atoms with Gasteiger partial charge in [0.25, 0.3) is 0 Å². The van der Waals surface area contributed by atoms with Gasteiger partial charge in [-0.2, -0.15) is 4.98 Å². The zero-order valence-corrected chi connectivity index (χ0v) is 19.5. The van der Waals surface area contributed by atoms with Gasteiger partial charge in [0.15, 0.2) is 11.5 Å². The lowest BCUT2D eigenvalue weighted by molar-refractivity contribution is -0.121. The maximum absolute atomic E-state index is 12.3. The van der Waals surface area contributed by atoms with Crippen LogP contribution in [0.2, 0.25) is 5.02 Å². The number of halogens is 1. The Morgan fingerprint density at radius 3 is 2.62 bits per heavy atom. The van der Waals surface area contributed by atoms with Gasteiger partial charge in [0, 0.05) is 24.9 Å². The summed E-state index contributed by atoms with van der Waals surface area (Å²) in [6.07, 6.45) is 0.589. The summed E-state index contributed by atoms with van der Waals surface area (Å²) in [4.78, 5) is 16.7. The molecule has 170 valence electrons. The highest BCUT2D eigenvalue weighted by atomic mass is 35.5. The third-order valence-electron chi connectivity index (χ3n) is 4.94. The molecule has 0 radical (unpaired) electrons. The number of benzene rings is 2. The lowest BCUT2D eigenvalue weighted by Gasteiger charge is -2.13. The maximum atomic E-state index is 12.3. The highest BCUT2D eigenvalue weighted by Gasteiger charge is 2.14. The Morgan fingerprint density at radius 1 is 1.22 bits per heavy atom. The third kappa shape index (κ3) is 6.01. The molecular formula is C24H28ClN3O4. The first-order valence-corrected chi connectivity index (χ1v) is 11.0. The van der Waals surface area contributed by atoms with Gasteiger partial charge < -0.3 is 19.3 Å². The van der Waals surface area contributed by atoms with E-state index in [4.69, 9.17) is 25.6 Å². The fraction of sp³-hybridized carbons (Fsp3) is 0.375. The molecule has 32 heavy (non-hydrogen) atoms. The van der Waals surface area contributed by atoms with E-state index in [0.717, 1.165) is 11.1 Å². The Morgan fingerprint density at radius 2 is 1.97 bits per heavy atom. The van der Waals surface area contributed by atoms with Crippen molar-refractivity contribution in [2.24, 2.45) is 0 Å². The van der Waals surface area contributed by atoms with Crippen LogP contribution in [-0.4, -0.2) is 29.8 Å². The van der Waals surface area contributed by atoms with E-state index in [2.05, 4.69) is 41.4 Å². The monoisotopic (exact) mass is 457 g/mol. The number of carbonyl (C=O) groups excluding carboxylic acids is 1. The van der Waals surface area contributed by atoms with Gasteiger partial charge in [-0.05, 0) is 36.1 Å². The first-order valence-electron chi connectivity index (χ1n) is 10.6. The Kier molecular flexibility index (Phi) is 8.11. The number of nitrogens with one attached hydrogen (secondary N) is 1. The molecule has 0 aliphatic heterocycles. The normalized spacial score (nSPS) is 10.9. The molecule has 7 nitrogen and oxygen atoms in total. The second kappa shape index (κ2) is 11.0. The van der Waals surface area contributed by atoms with Crippen LogP contribution in [0, 0.1) is 0 Å². The van der Waals surface area contributed by atoms with Gasteiger partial charge in [0.1, 0.15) is 0 Å². The first-order chi connectivity index (χ1) is 15.4. The molecule has 1 amide bonds. The Hall–Kier alpha value is -3.06. The molecule has 1 heterocycles. The Labute approximate surface area is 193 Å². The number of hydrogen-bond donors (Lipinski definition) is 1. The van der Waals surface area contributed by atoms with E-state index < -0.39 is 0 Å². The summed E-state index contributed by atoms with van der Waals surface area (Å²) in [6.45, 7) is 6.96. The van der Waals surface area contributed by atoms with E-state index in [1.807, 2.05) is 19.1 Å². The van der Waals surface area contributed by atoms with Crippen LogP contribution < -0.4 is 14.8 Å². The molecule has 8 heteroatoms. The fourth-order valence-electron chi connectivity index (χ4n) is 3.16. The second-order valence-electron chi connectivity index (χ2n) is 7.61. The molecular weight excluding hydrogens is 430 g/mol. The molecule has 3 rings (SSSR count). The number of methoxy groups -OCH3 is 1. The summed E-state index contributed by atoms with van der Waals surface area (Å²) in [5.74, 6) is 2.31. The quantitative estimate of drug-likeness (QED) is 0.452. The Balaban J connectivity index is 1.53. The Bertz CT molecular complexity index is 1050. The molecule has 3 aromatic rings. The van der Waals surface area contributed by atoms with Gasteiger partial charge in [-0.15, -0.1) is 0 Å². The minimum atomic E-state index is -0.130. The molecule has 0 spiro atoms. The smallest absolute Gasteiger partial charge is 0.227 e. The summed E-state index contributed by atoms with van der Waals surface area (Å²) in [5, 5.41) is 7.34. The van der Waals surface area contributed by atoms with Crippen molar-refractivity contribution in [3.05, 3.63) is 58.4 Å². The number of aromatic nitrogens is 2. The van der Waals surface area contributed by atoms with E-state index in [1.165, 1.54) is 5.56 Å². The van der Waals surface area contributed by atoms with Crippen molar-refractivity contribution in [3.63, 3.8) is 0 Å². The van der Waals surface area contributed by atoms with Crippen LogP contribution in [0.5, 0.6) is 11.5 Å². The standard InChI is InChI=1S/C24H28ClN3O4/c1-5-31-23-19(25)12-16(13-20(23)30-4)14-26-21(29)10-11-22-27-24(28-32-22)18-8-6-17(7-9-18)15(2)3/h6-9,12-13,15H,5,10-11,14H2,1-4H3,(H,26,29). The van der Waals surface area contributed by atoms with Crippen LogP contribution in [0.25, 0.3) is 11.4 Å². The van der Waals surface area contributed by atoms with E-state index in [9.17, 15) is 4.79 Å². The van der Waals surface area contributed by atoms with Gasteiger partial charge in [-0.1, -0.05) is 54.9 Å². The number of amides is 1. The van der Waals surface area contributed by atoms with Crippen molar-refractivity contribution in [3.8, 4) is 22.9 Å². The van der Waals surface area contributed by atoms with Crippen LogP contribution in [-0.2, 0) is 17.8 Å². The predicted octanol–water partition coefficient (Wildman–Crippen LogP) is 5.17. The summed E-state index contributed by atoms with van der Waals surface area (Å²) < 4.78 is 16.2. The molecule has 0 unspecified atom stereocenters. The zero-order chi connectivity index (χ0) is 23.1. The van der Waals surface area contributed by atoms with Gasteiger partial charge >= 0.3 is 0 Å². The fourth-order valence-corrected chi connectivity index (χ4v) is 3.45. The molecule has 1 N–H and O–H groups in total. The molecule has 0 saturated heterocycles. The van der Waals surface area contributed by atoms with E-state index in [1.54, 1.807) is 19.2 Å². The van der Waals surface area contributed by atoms with Crippen molar-refractivity contribution >= 4 is 17.5 Å². The highest BCUT2D eigenvalue weighted by molar-refractivity contribution is 6.32. The molecule has 0 aliphatic rings. The number of rotatable bonds is 10. The van der Waals surface area contributed by atoms with Gasteiger partial charge in [0.2, 0.25) is 17.6 Å². The molecule has 1 aromatic heterocycles. The third-order valence-corrected chi connectivity index (χ3v) is 5.22. The number of carbonyl (C=O) groups is 1. The van der Waals surface area contributed by atoms with Crippen LogP contribution in [0.15, 0.2) is 40.9 Å². The van der Waals surface area contributed by atoms with Crippen LogP contribution >= 0.6 is 11.6 Å². The number of aryl methyl sites for hydroxylation is 1. The maximum Gasteiger partial charge on any atom is 0.227 e. The van der Waals surface area contributed by atoms with E-state index in [0.29, 0.717) is 53.7 Å². The minimum absolute atomic E-state index is 0.130. The van der Waals surface area contributed by atoms with Crippen molar-refractivity contribution in [1.82, 2.24) is 15.5 Å². The second-order valence-corrected chi connectivity index (χ2v) is 8.01. The van der Waals surface area contributed by atoms with Crippen molar-refractivity contribution < 1.29 is 18.8 Å². The summed E-state index contributed by atoms with van der Waals surface area (Å²) in [7, 11) is 1.55. The predicted molar refractivity (Wildman–Crippen MR) is 123 cm³/mol. The highest BCUT2D eigenvalue weighted by Crippen LogP contribution is 2.36. The van der Waals surface area contributed by atoms with Crippen molar-refractivity contribution in [1.29, 1.82) is 0 Å². The van der Waals surface area contributed by atoms with Gasteiger partial charge in [-0.3, -0.25) is 4.79 Å². The minimum Gasteiger partial charge on any atom is -0.493 e. The zero-order valence-electron chi connectivity index (χ0n) is 18.8. The van der Waals surface area contributed by atoms with Gasteiger partial charge in [-0.25, -0.2) is 0 Å². The molecule has 0 fully saturated rings. The lowest BCUT2D eigenvalue weighted by atomic mass is 10.0. The van der Waals surface area contributed by atoms with E-state index >= 15 is 0 Å². The lowest BCUT2D eigenvalue weighted by Crippen LogP contribution is -2.23. The molecule has 0 bridgehead atoms. The molecule has 2 aromatic carbocycles. The topological polar surface area (TPSA) is 86.5 Å². The van der Waals surface area contributed by atoms with Gasteiger partial charge in [0.05, 0.1) is 18.7 Å². The summed E-state index contributed by atoms with van der Waals surface area (Å²) >= 11 is 6.28. The largest absolute Gasteiger partial charge is 0.493 e.